The molecule has 0 bridgehead atoms. The number of H-pyrrole nitrogens is 2. The lowest BCUT2D eigenvalue weighted by molar-refractivity contribution is 0.292. The van der Waals surface area contributed by atoms with E-state index in [0.717, 1.165) is 59.3 Å². The second-order valence-electron chi connectivity index (χ2n) is 9.36. The van der Waals surface area contributed by atoms with Gasteiger partial charge in [-0.15, -0.1) is 0 Å². The van der Waals surface area contributed by atoms with Gasteiger partial charge in [0.05, 0.1) is 11.9 Å². The summed E-state index contributed by atoms with van der Waals surface area (Å²) in [6, 6.07) is 18.4. The molecule has 0 spiro atoms. The number of para-hydroxylation sites is 1. The molecule has 5 N–H and O–H groups in total. The molecule has 2 aromatic carbocycles. The fraction of sp³-hybridized carbons (Fsp3) is 0.259. The molecule has 0 aliphatic heterocycles. The Morgan fingerprint density at radius 1 is 1.00 bits per heavy atom. The molecule has 0 radical (unpaired) electrons. The van der Waals surface area contributed by atoms with Crippen LogP contribution < -0.4 is 21.5 Å². The number of fused-ring (bicyclic) bond motifs is 1. The first-order chi connectivity index (χ1) is 18.1. The quantitative estimate of drug-likeness (QED) is 0.265. The minimum atomic E-state index is -0.282. The molecule has 1 aliphatic rings. The minimum Gasteiger partial charge on any atom is -0.457 e. The number of hydrogen-bond donors (Lipinski definition) is 4. The summed E-state index contributed by atoms with van der Waals surface area (Å²) >= 11 is 0. The van der Waals surface area contributed by atoms with Crippen molar-refractivity contribution >= 4 is 16.9 Å². The summed E-state index contributed by atoms with van der Waals surface area (Å²) < 4.78 is 8.22. The molecule has 0 atom stereocenters. The number of nitrogens with one attached hydrogen (secondary N) is 3. The fourth-order valence-corrected chi connectivity index (χ4v) is 5.12. The highest BCUT2D eigenvalue weighted by molar-refractivity contribution is 6.00. The van der Waals surface area contributed by atoms with Gasteiger partial charge in [0.25, 0.3) is 0 Å². The minimum absolute atomic E-state index is 0.282. The lowest BCUT2D eigenvalue weighted by Gasteiger charge is -2.30. The van der Waals surface area contributed by atoms with E-state index >= 15 is 0 Å². The molecule has 37 heavy (non-hydrogen) atoms. The number of aromatic nitrogens is 6. The first-order valence-corrected chi connectivity index (χ1v) is 12.5. The third-order valence-corrected chi connectivity index (χ3v) is 6.98. The molecular formula is C27H28N8O2. The molecule has 1 aliphatic carbocycles. The van der Waals surface area contributed by atoms with Gasteiger partial charge >= 0.3 is 5.69 Å². The van der Waals surface area contributed by atoms with E-state index in [2.05, 4.69) is 41.2 Å². The topological polar surface area (TPSA) is 140 Å². The molecule has 1 saturated carbocycles. The summed E-state index contributed by atoms with van der Waals surface area (Å²) in [6.45, 7) is 0.540. The van der Waals surface area contributed by atoms with E-state index in [1.807, 2.05) is 54.6 Å². The maximum atomic E-state index is 11.2. The molecule has 3 heterocycles. The number of ether oxygens (including phenoxy) is 1. The van der Waals surface area contributed by atoms with E-state index in [1.54, 1.807) is 0 Å². The Kier molecular flexibility index (Phi) is 6.15. The van der Waals surface area contributed by atoms with Gasteiger partial charge in [-0.05, 0) is 55.5 Å². The number of nitrogen functional groups attached to an aromatic ring is 1. The Labute approximate surface area is 212 Å². The van der Waals surface area contributed by atoms with Crippen LogP contribution >= 0.6 is 0 Å². The molecule has 5 aromatic rings. The van der Waals surface area contributed by atoms with Crippen molar-refractivity contribution in [1.29, 1.82) is 0 Å². The van der Waals surface area contributed by atoms with E-state index in [9.17, 15) is 4.79 Å². The van der Waals surface area contributed by atoms with Gasteiger partial charge in [0.2, 0.25) is 0 Å². The van der Waals surface area contributed by atoms with Crippen molar-refractivity contribution in [3.05, 3.63) is 83.4 Å². The van der Waals surface area contributed by atoms with E-state index in [-0.39, 0.29) is 5.69 Å². The molecule has 188 valence electrons. The van der Waals surface area contributed by atoms with Crippen LogP contribution in [0, 0.1) is 0 Å². The van der Waals surface area contributed by atoms with Crippen LogP contribution in [-0.2, 0) is 6.54 Å². The van der Waals surface area contributed by atoms with Gasteiger partial charge in [0.1, 0.15) is 35.1 Å². The summed E-state index contributed by atoms with van der Waals surface area (Å²) in [7, 11) is 0. The Morgan fingerprint density at radius 2 is 1.76 bits per heavy atom. The van der Waals surface area contributed by atoms with Crippen LogP contribution in [0.4, 0.5) is 5.82 Å². The predicted molar refractivity (Wildman–Crippen MR) is 141 cm³/mol. The van der Waals surface area contributed by atoms with Crippen LogP contribution in [0.1, 0.15) is 37.5 Å². The molecule has 10 heteroatoms. The van der Waals surface area contributed by atoms with Gasteiger partial charge in [-0.3, -0.25) is 4.98 Å². The van der Waals surface area contributed by atoms with Crippen molar-refractivity contribution < 1.29 is 4.74 Å². The maximum absolute atomic E-state index is 11.2. The number of nitrogens with two attached hydrogens (primary N) is 1. The zero-order valence-corrected chi connectivity index (χ0v) is 20.2. The van der Waals surface area contributed by atoms with Crippen molar-refractivity contribution in [3.8, 4) is 22.6 Å². The average Bonchev–Trinajstić information content (AvgIpc) is 3.53. The third-order valence-electron chi connectivity index (χ3n) is 6.98. The van der Waals surface area contributed by atoms with Crippen LogP contribution in [0.5, 0.6) is 11.5 Å². The number of rotatable bonds is 7. The molecule has 0 saturated heterocycles. The largest absolute Gasteiger partial charge is 0.457 e. The van der Waals surface area contributed by atoms with Crippen LogP contribution in [0.25, 0.3) is 22.2 Å². The summed E-state index contributed by atoms with van der Waals surface area (Å²) in [4.78, 5) is 22.8. The lowest BCUT2D eigenvalue weighted by atomic mass is 9.91. The van der Waals surface area contributed by atoms with Crippen molar-refractivity contribution in [2.45, 2.75) is 44.3 Å². The monoisotopic (exact) mass is 496 g/mol. The van der Waals surface area contributed by atoms with E-state index < -0.39 is 0 Å². The Hall–Kier alpha value is -4.44. The summed E-state index contributed by atoms with van der Waals surface area (Å²) in [5, 5.41) is 10.8. The second kappa shape index (κ2) is 9.90. The normalized spacial score (nSPS) is 17.7. The Bertz CT molecular complexity index is 1550. The van der Waals surface area contributed by atoms with E-state index in [4.69, 9.17) is 10.5 Å². The van der Waals surface area contributed by atoms with Crippen LogP contribution in [-0.4, -0.2) is 35.8 Å². The Morgan fingerprint density at radius 3 is 2.49 bits per heavy atom. The lowest BCUT2D eigenvalue weighted by Crippen LogP contribution is -2.33. The molecule has 1 fully saturated rings. The van der Waals surface area contributed by atoms with Crippen molar-refractivity contribution in [3.63, 3.8) is 0 Å². The predicted octanol–water partition coefficient (Wildman–Crippen LogP) is 4.16. The van der Waals surface area contributed by atoms with Gasteiger partial charge in [-0.25, -0.2) is 19.9 Å². The molecule has 10 nitrogen and oxygen atoms in total. The van der Waals surface area contributed by atoms with Gasteiger partial charge in [0, 0.05) is 23.8 Å². The van der Waals surface area contributed by atoms with Crippen LogP contribution in [0.15, 0.2) is 71.9 Å². The van der Waals surface area contributed by atoms with E-state index in [0.29, 0.717) is 30.3 Å². The fourth-order valence-electron chi connectivity index (χ4n) is 5.12. The molecule has 3 aromatic heterocycles. The third kappa shape index (κ3) is 4.83. The number of hydrogen-bond acceptors (Lipinski definition) is 7. The van der Waals surface area contributed by atoms with Gasteiger partial charge < -0.3 is 20.4 Å². The first-order valence-electron chi connectivity index (χ1n) is 12.5. The summed E-state index contributed by atoms with van der Waals surface area (Å²) in [5.74, 6) is 2.67. The standard InChI is InChI=1S/C27H28N8O2/c28-25-24-22(17-6-12-21(13-7-17)37-20-4-2-1-3-5-20)15-35(26(24)31-16-30-25)19-10-8-18(9-11-19)29-14-23-32-27(36)34-33-23/h1-7,12-13,15-16,18-19,29H,8-11,14H2,(H2,28,30,31)(H2,32,33,34,36)/t18-,19-. The van der Waals surface area contributed by atoms with Gasteiger partial charge in [-0.2, -0.15) is 5.10 Å². The second-order valence-corrected chi connectivity index (χ2v) is 9.36. The highest BCUT2D eigenvalue weighted by atomic mass is 16.5. The number of aromatic amines is 2. The van der Waals surface area contributed by atoms with Gasteiger partial charge in [0.15, 0.2) is 0 Å². The summed E-state index contributed by atoms with van der Waals surface area (Å²) in [6.07, 6.45) is 7.74. The summed E-state index contributed by atoms with van der Waals surface area (Å²) in [5.41, 5.74) is 8.98. The van der Waals surface area contributed by atoms with E-state index in [1.165, 1.54) is 6.33 Å². The first kappa shape index (κ1) is 23.0. The van der Waals surface area contributed by atoms with Crippen molar-refractivity contribution in [1.82, 2.24) is 35.0 Å². The van der Waals surface area contributed by atoms with Crippen molar-refractivity contribution in [2.75, 3.05) is 5.73 Å². The number of benzene rings is 2. The van der Waals surface area contributed by atoms with Crippen LogP contribution in [0.2, 0.25) is 0 Å². The van der Waals surface area contributed by atoms with Crippen molar-refractivity contribution in [2.24, 2.45) is 0 Å². The Balaban J connectivity index is 1.21. The zero-order valence-electron chi connectivity index (χ0n) is 20.2. The molecule has 0 amide bonds. The highest BCUT2D eigenvalue weighted by Gasteiger charge is 2.25. The molecule has 0 unspecified atom stereocenters. The van der Waals surface area contributed by atoms with Gasteiger partial charge in [-0.1, -0.05) is 30.3 Å². The number of nitrogens with zero attached hydrogens (tertiary/aromatic N) is 4. The highest BCUT2D eigenvalue weighted by Crippen LogP contribution is 2.38. The zero-order chi connectivity index (χ0) is 25.2. The SMILES string of the molecule is Nc1ncnc2c1c(-c1ccc(Oc3ccccc3)cc1)cn2[C@H]1CC[C@H](NCc2n[nH]c(=O)[nH]2)CC1. The smallest absolute Gasteiger partial charge is 0.340 e. The maximum Gasteiger partial charge on any atom is 0.340 e. The molecule has 6 rings (SSSR count). The van der Waals surface area contributed by atoms with Crippen LogP contribution in [0.3, 0.4) is 0 Å². The average molecular weight is 497 g/mol. The number of anilines is 1. The molecular weight excluding hydrogens is 468 g/mol.